The van der Waals surface area contributed by atoms with Gasteiger partial charge < -0.3 is 10.4 Å². The Morgan fingerprint density at radius 1 is 1.18 bits per heavy atom. The van der Waals surface area contributed by atoms with Crippen LogP contribution >= 0.6 is 11.6 Å². The molecule has 0 aromatic rings. The van der Waals surface area contributed by atoms with E-state index in [4.69, 9.17) is 16.7 Å². The van der Waals surface area contributed by atoms with Gasteiger partial charge in [-0.3, -0.25) is 0 Å². The van der Waals surface area contributed by atoms with Gasteiger partial charge in [0, 0.05) is 0 Å². The van der Waals surface area contributed by atoms with Crippen LogP contribution in [0.4, 0.5) is 4.79 Å². The van der Waals surface area contributed by atoms with Crippen molar-refractivity contribution in [2.75, 3.05) is 0 Å². The molecule has 0 aliphatic heterocycles. The van der Waals surface area contributed by atoms with Gasteiger partial charge in [0.15, 0.2) is 0 Å². The Morgan fingerprint density at radius 3 is 2.24 bits per heavy atom. The van der Waals surface area contributed by atoms with Crippen molar-refractivity contribution < 1.29 is 9.90 Å². The molecule has 0 spiro atoms. The third kappa shape index (κ3) is 10.4. The summed E-state index contributed by atoms with van der Waals surface area (Å²) in [6.45, 7) is 4.21. The molecule has 1 amide bonds. The largest absolute Gasteiger partial charge is 0.465 e. The Kier molecular flexibility index (Phi) is 10.4. The molecule has 0 radical (unpaired) electrons. The zero-order chi connectivity index (χ0) is 13.1. The topological polar surface area (TPSA) is 49.3 Å². The third-order valence-corrected chi connectivity index (χ3v) is 3.56. The Labute approximate surface area is 110 Å². The van der Waals surface area contributed by atoms with Gasteiger partial charge >= 0.3 is 6.09 Å². The third-order valence-electron chi connectivity index (χ3n) is 3.02. The Morgan fingerprint density at radius 2 is 1.71 bits per heavy atom. The summed E-state index contributed by atoms with van der Waals surface area (Å²) in [6.07, 6.45) is 8.87. The van der Waals surface area contributed by atoms with Gasteiger partial charge in [0.1, 0.15) is 5.50 Å². The molecule has 4 heteroatoms. The molecular formula is C13H26ClNO2. The van der Waals surface area contributed by atoms with Crippen LogP contribution < -0.4 is 5.32 Å². The number of hydrogen-bond acceptors (Lipinski definition) is 1. The average Bonchev–Trinajstić information content (AvgIpc) is 2.26. The first kappa shape index (κ1) is 16.6. The van der Waals surface area contributed by atoms with E-state index in [0.717, 1.165) is 12.8 Å². The summed E-state index contributed by atoms with van der Waals surface area (Å²) >= 11 is 5.92. The van der Waals surface area contributed by atoms with Crippen LogP contribution in [0.5, 0.6) is 0 Å². The van der Waals surface area contributed by atoms with Crippen molar-refractivity contribution in [3.8, 4) is 0 Å². The van der Waals surface area contributed by atoms with Crippen molar-refractivity contribution in [3.05, 3.63) is 0 Å². The molecule has 0 aromatic carbocycles. The van der Waals surface area contributed by atoms with E-state index >= 15 is 0 Å². The first-order valence-corrected chi connectivity index (χ1v) is 7.15. The molecule has 0 aromatic heterocycles. The van der Waals surface area contributed by atoms with Crippen LogP contribution in [-0.2, 0) is 0 Å². The lowest BCUT2D eigenvalue weighted by atomic mass is 10.0. The summed E-state index contributed by atoms with van der Waals surface area (Å²) in [4.78, 5) is 10.4. The van der Waals surface area contributed by atoms with Gasteiger partial charge in [0.05, 0.1) is 0 Å². The van der Waals surface area contributed by atoms with E-state index in [9.17, 15) is 4.79 Å². The standard InChI is InChI=1S/C13H26ClNO2/c1-3-4-5-6-7-8-9-10-11(2)12(14)15-13(16)17/h11-12,15H,3-10H2,1-2H3,(H,16,17). The number of halogens is 1. The van der Waals surface area contributed by atoms with Gasteiger partial charge in [-0.15, -0.1) is 0 Å². The smallest absolute Gasteiger partial charge is 0.405 e. The average molecular weight is 264 g/mol. The summed E-state index contributed by atoms with van der Waals surface area (Å²) in [5, 5.41) is 10.8. The first-order chi connectivity index (χ1) is 8.07. The second-order valence-electron chi connectivity index (χ2n) is 4.74. The van der Waals surface area contributed by atoms with Crippen LogP contribution in [0.25, 0.3) is 0 Å². The molecule has 0 saturated carbocycles. The van der Waals surface area contributed by atoms with Crippen LogP contribution in [0, 0.1) is 5.92 Å². The number of alkyl halides is 1. The minimum atomic E-state index is -1.04. The lowest BCUT2D eigenvalue weighted by Crippen LogP contribution is -2.34. The van der Waals surface area contributed by atoms with Gasteiger partial charge in [-0.2, -0.15) is 0 Å². The van der Waals surface area contributed by atoms with Crippen molar-refractivity contribution in [2.45, 2.75) is 70.7 Å². The predicted octanol–water partition coefficient (Wildman–Crippen LogP) is 4.60. The number of unbranched alkanes of at least 4 members (excludes halogenated alkanes) is 6. The van der Waals surface area contributed by atoms with Gasteiger partial charge in [0.25, 0.3) is 0 Å². The van der Waals surface area contributed by atoms with E-state index in [-0.39, 0.29) is 5.92 Å². The van der Waals surface area contributed by atoms with Crippen molar-refractivity contribution >= 4 is 17.7 Å². The highest BCUT2D eigenvalue weighted by molar-refractivity contribution is 6.21. The van der Waals surface area contributed by atoms with Crippen molar-refractivity contribution in [1.82, 2.24) is 5.32 Å². The maximum absolute atomic E-state index is 10.4. The van der Waals surface area contributed by atoms with Crippen LogP contribution in [-0.4, -0.2) is 16.7 Å². The van der Waals surface area contributed by atoms with Gasteiger partial charge in [-0.1, -0.05) is 70.4 Å². The normalized spacial score (nSPS) is 14.3. The highest BCUT2D eigenvalue weighted by Gasteiger charge is 2.15. The molecule has 0 bridgehead atoms. The summed E-state index contributed by atoms with van der Waals surface area (Å²) in [7, 11) is 0. The first-order valence-electron chi connectivity index (χ1n) is 6.71. The van der Waals surface area contributed by atoms with E-state index < -0.39 is 11.6 Å². The van der Waals surface area contributed by atoms with Crippen LogP contribution in [0.15, 0.2) is 0 Å². The Bertz CT molecular complexity index is 200. The lowest BCUT2D eigenvalue weighted by Gasteiger charge is -2.17. The fourth-order valence-corrected chi connectivity index (χ4v) is 2.05. The molecule has 102 valence electrons. The molecule has 0 rings (SSSR count). The molecule has 0 aliphatic carbocycles. The van der Waals surface area contributed by atoms with E-state index in [1.54, 1.807) is 0 Å². The second kappa shape index (κ2) is 10.7. The molecule has 17 heavy (non-hydrogen) atoms. The molecule has 3 nitrogen and oxygen atoms in total. The van der Waals surface area contributed by atoms with Gasteiger partial charge in [-0.05, 0) is 12.3 Å². The van der Waals surface area contributed by atoms with E-state index in [1.807, 2.05) is 6.92 Å². The number of nitrogens with one attached hydrogen (secondary N) is 1. The quantitative estimate of drug-likeness (QED) is 0.344. The lowest BCUT2D eigenvalue weighted by molar-refractivity contribution is 0.190. The number of carboxylic acid groups (broad SMARTS) is 1. The molecular weight excluding hydrogens is 238 g/mol. The van der Waals surface area contributed by atoms with Crippen molar-refractivity contribution in [2.24, 2.45) is 5.92 Å². The van der Waals surface area contributed by atoms with Gasteiger partial charge in [-0.25, -0.2) is 4.79 Å². The molecule has 2 unspecified atom stereocenters. The van der Waals surface area contributed by atoms with Crippen LogP contribution in [0.3, 0.4) is 0 Å². The van der Waals surface area contributed by atoms with Gasteiger partial charge in [0.2, 0.25) is 0 Å². The Balaban J connectivity index is 3.38. The second-order valence-corrected chi connectivity index (χ2v) is 5.21. The number of amides is 1. The van der Waals surface area contributed by atoms with Crippen LogP contribution in [0.2, 0.25) is 0 Å². The van der Waals surface area contributed by atoms with Crippen molar-refractivity contribution in [3.63, 3.8) is 0 Å². The maximum Gasteiger partial charge on any atom is 0.405 e. The Hall–Kier alpha value is -0.440. The SMILES string of the molecule is CCCCCCCCCC(C)C(Cl)NC(=O)O. The van der Waals surface area contributed by atoms with E-state index in [2.05, 4.69) is 12.2 Å². The zero-order valence-corrected chi connectivity index (χ0v) is 11.8. The maximum atomic E-state index is 10.4. The number of hydrogen-bond donors (Lipinski definition) is 2. The predicted molar refractivity (Wildman–Crippen MR) is 72.6 cm³/mol. The number of rotatable bonds is 10. The fraction of sp³-hybridized carbons (Fsp3) is 0.923. The zero-order valence-electron chi connectivity index (χ0n) is 11.0. The summed E-state index contributed by atoms with van der Waals surface area (Å²) in [6, 6.07) is 0. The minimum absolute atomic E-state index is 0.198. The summed E-state index contributed by atoms with van der Waals surface area (Å²) < 4.78 is 0. The number of carbonyl (C=O) groups is 1. The highest BCUT2D eigenvalue weighted by Crippen LogP contribution is 2.17. The van der Waals surface area contributed by atoms with E-state index in [1.165, 1.54) is 38.5 Å². The molecule has 0 aliphatic rings. The molecule has 2 atom stereocenters. The summed E-state index contributed by atoms with van der Waals surface area (Å²) in [5.74, 6) is 0.198. The van der Waals surface area contributed by atoms with Crippen molar-refractivity contribution in [1.29, 1.82) is 0 Å². The summed E-state index contributed by atoms with van der Waals surface area (Å²) in [5.41, 5.74) is -0.465. The molecule has 0 fully saturated rings. The monoisotopic (exact) mass is 263 g/mol. The highest BCUT2D eigenvalue weighted by atomic mass is 35.5. The molecule has 0 saturated heterocycles. The molecule has 2 N–H and O–H groups in total. The molecule has 0 heterocycles. The minimum Gasteiger partial charge on any atom is -0.465 e. The fourth-order valence-electron chi connectivity index (χ4n) is 1.83. The van der Waals surface area contributed by atoms with E-state index in [0.29, 0.717) is 0 Å². The van der Waals surface area contributed by atoms with Crippen LogP contribution in [0.1, 0.15) is 65.2 Å².